The second-order valence-corrected chi connectivity index (χ2v) is 5.07. The lowest BCUT2D eigenvalue weighted by molar-refractivity contribution is 0.146. The maximum atomic E-state index is 11.5. The van der Waals surface area contributed by atoms with Crippen molar-refractivity contribution in [1.29, 1.82) is 0 Å². The summed E-state index contributed by atoms with van der Waals surface area (Å²) < 4.78 is 4.93. The Kier molecular flexibility index (Phi) is 15.3. The van der Waals surface area contributed by atoms with Gasteiger partial charge in [-0.05, 0) is 25.7 Å². The summed E-state index contributed by atoms with van der Waals surface area (Å²) in [5.41, 5.74) is 0. The summed E-state index contributed by atoms with van der Waals surface area (Å²) in [4.78, 5) is 15.7. The van der Waals surface area contributed by atoms with E-state index in [0.717, 1.165) is 25.3 Å². The van der Waals surface area contributed by atoms with Gasteiger partial charge >= 0.3 is 6.09 Å². The standard InChI is InChI=1S/C14H30N4O2.HI/c1-6-8-16-13(15-5)17-10-12(9-11(3)4)18-14(19)20-7-2;/h11-12H,6-10H2,1-5H3,(H,18,19)(H2,15,16,17);1H. The first-order valence-electron chi connectivity index (χ1n) is 7.41. The lowest BCUT2D eigenvalue weighted by atomic mass is 10.0. The number of nitrogens with zero attached hydrogens (tertiary/aromatic N) is 1. The maximum Gasteiger partial charge on any atom is 0.407 e. The summed E-state index contributed by atoms with van der Waals surface area (Å²) in [6.45, 7) is 10.0. The van der Waals surface area contributed by atoms with Gasteiger partial charge in [0.05, 0.1) is 6.61 Å². The minimum absolute atomic E-state index is 0. The minimum atomic E-state index is -0.364. The molecule has 0 aliphatic heterocycles. The van der Waals surface area contributed by atoms with Crippen LogP contribution in [0.25, 0.3) is 0 Å². The molecule has 0 rings (SSSR count). The zero-order chi connectivity index (χ0) is 15.4. The van der Waals surface area contributed by atoms with Crippen molar-refractivity contribution < 1.29 is 9.53 Å². The van der Waals surface area contributed by atoms with Crippen LogP contribution in [0.1, 0.15) is 40.5 Å². The van der Waals surface area contributed by atoms with E-state index in [0.29, 0.717) is 19.1 Å². The number of carbonyl (C=O) groups is 1. The highest BCUT2D eigenvalue weighted by molar-refractivity contribution is 14.0. The largest absolute Gasteiger partial charge is 0.450 e. The first-order valence-corrected chi connectivity index (χ1v) is 7.41. The molecule has 0 radical (unpaired) electrons. The van der Waals surface area contributed by atoms with Crippen molar-refractivity contribution in [1.82, 2.24) is 16.0 Å². The van der Waals surface area contributed by atoms with E-state index in [1.54, 1.807) is 14.0 Å². The molecular formula is C14H31IN4O2. The van der Waals surface area contributed by atoms with Crippen LogP contribution < -0.4 is 16.0 Å². The number of aliphatic imine (C=N–C) groups is 1. The van der Waals surface area contributed by atoms with Crippen LogP contribution in [0.2, 0.25) is 0 Å². The molecule has 1 unspecified atom stereocenters. The molecule has 0 aromatic carbocycles. The molecule has 0 saturated carbocycles. The molecule has 0 aromatic heterocycles. The van der Waals surface area contributed by atoms with Crippen molar-refractivity contribution in [3.63, 3.8) is 0 Å². The fourth-order valence-electron chi connectivity index (χ4n) is 1.79. The minimum Gasteiger partial charge on any atom is -0.450 e. The Morgan fingerprint density at radius 2 is 1.90 bits per heavy atom. The van der Waals surface area contributed by atoms with Crippen molar-refractivity contribution in [3.05, 3.63) is 0 Å². The monoisotopic (exact) mass is 414 g/mol. The number of alkyl carbamates (subject to hydrolysis) is 1. The Bertz CT molecular complexity index is 299. The highest BCUT2D eigenvalue weighted by atomic mass is 127. The third-order valence-electron chi connectivity index (χ3n) is 2.64. The van der Waals surface area contributed by atoms with Crippen molar-refractivity contribution in [2.75, 3.05) is 26.7 Å². The number of halogens is 1. The first kappa shape index (κ1) is 22.5. The molecule has 126 valence electrons. The van der Waals surface area contributed by atoms with Gasteiger partial charge in [0.25, 0.3) is 0 Å². The lowest BCUT2D eigenvalue weighted by Crippen LogP contribution is -2.47. The number of carbonyl (C=O) groups excluding carboxylic acids is 1. The van der Waals surface area contributed by atoms with Gasteiger partial charge in [-0.15, -0.1) is 24.0 Å². The lowest BCUT2D eigenvalue weighted by Gasteiger charge is -2.22. The third-order valence-corrected chi connectivity index (χ3v) is 2.64. The molecule has 0 aliphatic carbocycles. The zero-order valence-electron chi connectivity index (χ0n) is 13.9. The van der Waals surface area contributed by atoms with Crippen molar-refractivity contribution >= 4 is 36.0 Å². The summed E-state index contributed by atoms with van der Waals surface area (Å²) in [5, 5.41) is 9.31. The van der Waals surface area contributed by atoms with E-state index in [-0.39, 0.29) is 36.1 Å². The zero-order valence-corrected chi connectivity index (χ0v) is 16.2. The molecule has 3 N–H and O–H groups in total. The van der Waals surface area contributed by atoms with Crippen LogP contribution in [0.15, 0.2) is 4.99 Å². The number of guanidine groups is 1. The molecule has 0 spiro atoms. The average Bonchev–Trinajstić information content (AvgIpc) is 2.38. The predicted octanol–water partition coefficient (Wildman–Crippen LogP) is 2.34. The van der Waals surface area contributed by atoms with Gasteiger partial charge in [-0.25, -0.2) is 4.79 Å². The Hall–Kier alpha value is -0.730. The normalized spacial score (nSPS) is 12.4. The fourth-order valence-corrected chi connectivity index (χ4v) is 1.79. The number of hydrogen-bond acceptors (Lipinski definition) is 3. The van der Waals surface area contributed by atoms with Gasteiger partial charge in [-0.3, -0.25) is 4.99 Å². The van der Waals surface area contributed by atoms with Crippen LogP contribution in [-0.4, -0.2) is 44.8 Å². The van der Waals surface area contributed by atoms with Crippen molar-refractivity contribution in [3.8, 4) is 0 Å². The Morgan fingerprint density at radius 1 is 1.24 bits per heavy atom. The summed E-state index contributed by atoms with van der Waals surface area (Å²) in [6.07, 6.45) is 1.56. The van der Waals surface area contributed by atoms with E-state index in [1.807, 2.05) is 0 Å². The molecule has 0 saturated heterocycles. The number of ether oxygens (including phenoxy) is 1. The van der Waals surface area contributed by atoms with Gasteiger partial charge < -0.3 is 20.7 Å². The third kappa shape index (κ3) is 12.7. The van der Waals surface area contributed by atoms with E-state index in [4.69, 9.17) is 4.74 Å². The highest BCUT2D eigenvalue weighted by Crippen LogP contribution is 2.04. The van der Waals surface area contributed by atoms with Gasteiger partial charge in [0, 0.05) is 26.2 Å². The topological polar surface area (TPSA) is 74.8 Å². The van der Waals surface area contributed by atoms with Crippen LogP contribution in [0.5, 0.6) is 0 Å². The molecule has 0 aromatic rings. The number of nitrogens with one attached hydrogen (secondary N) is 3. The smallest absolute Gasteiger partial charge is 0.407 e. The van der Waals surface area contributed by atoms with Gasteiger partial charge in [0.2, 0.25) is 0 Å². The van der Waals surface area contributed by atoms with Crippen LogP contribution in [0.4, 0.5) is 4.79 Å². The molecule has 7 heteroatoms. The number of hydrogen-bond donors (Lipinski definition) is 3. The average molecular weight is 414 g/mol. The molecule has 1 atom stereocenters. The number of amides is 1. The maximum absolute atomic E-state index is 11.5. The van der Waals surface area contributed by atoms with Gasteiger partial charge in [-0.1, -0.05) is 20.8 Å². The molecule has 6 nitrogen and oxygen atoms in total. The Morgan fingerprint density at radius 3 is 2.38 bits per heavy atom. The van der Waals surface area contributed by atoms with Crippen LogP contribution >= 0.6 is 24.0 Å². The predicted molar refractivity (Wildman–Crippen MR) is 98.5 cm³/mol. The molecule has 0 bridgehead atoms. The SMILES string of the molecule is CCCNC(=NC)NCC(CC(C)C)NC(=O)OCC.I. The van der Waals surface area contributed by atoms with Gasteiger partial charge in [0.15, 0.2) is 5.96 Å². The second kappa shape index (κ2) is 14.2. The summed E-state index contributed by atoms with van der Waals surface area (Å²) in [7, 11) is 1.74. The molecule has 0 heterocycles. The first-order chi connectivity index (χ1) is 9.53. The molecule has 21 heavy (non-hydrogen) atoms. The van der Waals surface area contributed by atoms with Crippen molar-refractivity contribution in [2.24, 2.45) is 10.9 Å². The summed E-state index contributed by atoms with van der Waals surface area (Å²) >= 11 is 0. The second-order valence-electron chi connectivity index (χ2n) is 5.07. The van der Waals surface area contributed by atoms with Crippen LogP contribution in [-0.2, 0) is 4.74 Å². The van der Waals surface area contributed by atoms with Gasteiger partial charge in [-0.2, -0.15) is 0 Å². The molecule has 1 amide bonds. The van der Waals surface area contributed by atoms with Crippen LogP contribution in [0, 0.1) is 5.92 Å². The van der Waals surface area contributed by atoms with Gasteiger partial charge in [0.1, 0.15) is 0 Å². The van der Waals surface area contributed by atoms with E-state index in [1.165, 1.54) is 0 Å². The molecule has 0 aliphatic rings. The van der Waals surface area contributed by atoms with E-state index in [9.17, 15) is 4.79 Å². The summed E-state index contributed by atoms with van der Waals surface area (Å²) in [6, 6.07) is 0.0224. The van der Waals surface area contributed by atoms with E-state index < -0.39 is 0 Å². The highest BCUT2D eigenvalue weighted by Gasteiger charge is 2.15. The quantitative estimate of drug-likeness (QED) is 0.324. The summed E-state index contributed by atoms with van der Waals surface area (Å²) in [5.74, 6) is 1.25. The Labute approximate surface area is 145 Å². The fraction of sp³-hybridized carbons (Fsp3) is 0.857. The number of rotatable bonds is 8. The molecular weight excluding hydrogens is 383 g/mol. The Balaban J connectivity index is 0. The van der Waals surface area contributed by atoms with E-state index >= 15 is 0 Å². The van der Waals surface area contributed by atoms with Crippen molar-refractivity contribution in [2.45, 2.75) is 46.6 Å². The van der Waals surface area contributed by atoms with Crippen LogP contribution in [0.3, 0.4) is 0 Å². The van der Waals surface area contributed by atoms with E-state index in [2.05, 4.69) is 41.7 Å². The molecule has 0 fully saturated rings.